The van der Waals surface area contributed by atoms with Gasteiger partial charge in [-0.05, 0) is 18.4 Å². The fourth-order valence-corrected chi connectivity index (χ4v) is 2.29. The number of para-hydroxylation sites is 1. The summed E-state index contributed by atoms with van der Waals surface area (Å²) >= 11 is 1.54. The summed E-state index contributed by atoms with van der Waals surface area (Å²) in [4.78, 5) is 28.7. The molecule has 0 atom stereocenters. The van der Waals surface area contributed by atoms with Crippen molar-refractivity contribution in [2.75, 3.05) is 6.26 Å². The van der Waals surface area contributed by atoms with Gasteiger partial charge in [0.1, 0.15) is 0 Å². The molecule has 0 N–H and O–H groups in total. The average Bonchev–Trinajstić information content (AvgIpc) is 2.36. The molecule has 0 unspecified atom stereocenters. The van der Waals surface area contributed by atoms with E-state index < -0.39 is 23.6 Å². The molecule has 1 fully saturated rings. The topological polar surface area (TPSA) is 65.0 Å². The number of carbonyl (C=O) groups is 2. The highest BCUT2D eigenvalue weighted by Crippen LogP contribution is 2.28. The molecule has 6 heteroatoms. The zero-order valence-electron chi connectivity index (χ0n) is 11.5. The van der Waals surface area contributed by atoms with Crippen molar-refractivity contribution in [2.24, 2.45) is 10.9 Å². The Morgan fingerprint density at radius 1 is 1.20 bits per heavy atom. The number of hydrogen-bond donors (Lipinski definition) is 0. The summed E-state index contributed by atoms with van der Waals surface area (Å²) in [6, 6.07) is 7.47. The van der Waals surface area contributed by atoms with E-state index >= 15 is 0 Å². The number of carbonyl (C=O) groups excluding carboxylic acids is 2. The fourth-order valence-electron chi connectivity index (χ4n) is 1.74. The summed E-state index contributed by atoms with van der Waals surface area (Å²) in [7, 11) is 0. The lowest BCUT2D eigenvalue weighted by molar-refractivity contribution is -0.235. The maximum atomic E-state index is 11.8. The van der Waals surface area contributed by atoms with Gasteiger partial charge in [0.25, 0.3) is 5.79 Å². The molecule has 1 aliphatic heterocycles. The normalized spacial score (nSPS) is 18.9. The maximum Gasteiger partial charge on any atom is 0.329 e. The second-order valence-electron chi connectivity index (χ2n) is 4.67. The summed E-state index contributed by atoms with van der Waals surface area (Å²) in [5.41, 5.74) is 0.699. The van der Waals surface area contributed by atoms with Gasteiger partial charge < -0.3 is 9.47 Å². The average molecular weight is 293 g/mol. The van der Waals surface area contributed by atoms with Crippen molar-refractivity contribution >= 4 is 35.6 Å². The van der Waals surface area contributed by atoms with Crippen molar-refractivity contribution in [3.8, 4) is 0 Å². The largest absolute Gasteiger partial charge is 0.422 e. The number of ether oxygens (including phenoxy) is 2. The number of esters is 2. The first kappa shape index (κ1) is 14.6. The maximum absolute atomic E-state index is 11.8. The van der Waals surface area contributed by atoms with Crippen LogP contribution in [-0.2, 0) is 19.1 Å². The third-order valence-corrected chi connectivity index (χ3v) is 3.43. The monoisotopic (exact) mass is 293 g/mol. The van der Waals surface area contributed by atoms with Gasteiger partial charge in [-0.2, -0.15) is 0 Å². The molecule has 20 heavy (non-hydrogen) atoms. The van der Waals surface area contributed by atoms with Gasteiger partial charge in [-0.3, -0.25) is 14.6 Å². The van der Waals surface area contributed by atoms with Gasteiger partial charge in [0, 0.05) is 25.0 Å². The van der Waals surface area contributed by atoms with E-state index in [9.17, 15) is 9.59 Å². The molecule has 1 aliphatic rings. The van der Waals surface area contributed by atoms with E-state index in [0.717, 1.165) is 4.90 Å². The van der Waals surface area contributed by atoms with Crippen LogP contribution < -0.4 is 0 Å². The number of rotatable bonds is 3. The van der Waals surface area contributed by atoms with Crippen LogP contribution in [0, 0.1) is 5.92 Å². The Kier molecular flexibility index (Phi) is 4.13. The minimum Gasteiger partial charge on any atom is -0.422 e. The zero-order chi connectivity index (χ0) is 14.8. The van der Waals surface area contributed by atoms with Gasteiger partial charge in [0.2, 0.25) is 0 Å². The van der Waals surface area contributed by atoms with Crippen LogP contribution in [0.25, 0.3) is 0 Å². The molecule has 1 saturated heterocycles. The third kappa shape index (κ3) is 3.19. The van der Waals surface area contributed by atoms with E-state index in [1.807, 2.05) is 30.5 Å². The standard InChI is InChI=1S/C14H15NO4S/c1-14(2)18-12(16)9(13(17)19-14)8-15-10-6-4-5-7-11(10)20-3/h4-9H,1-3H3. The quantitative estimate of drug-likeness (QED) is 0.371. The zero-order valence-corrected chi connectivity index (χ0v) is 12.3. The lowest BCUT2D eigenvalue weighted by Crippen LogP contribution is -2.46. The molecule has 0 bridgehead atoms. The Labute approximate surface area is 121 Å². The molecular weight excluding hydrogens is 278 g/mol. The van der Waals surface area contributed by atoms with Gasteiger partial charge in [-0.15, -0.1) is 11.8 Å². The van der Waals surface area contributed by atoms with Crippen LogP contribution >= 0.6 is 11.8 Å². The number of benzene rings is 1. The first-order valence-electron chi connectivity index (χ1n) is 6.06. The number of aliphatic imine (C=N–C) groups is 1. The van der Waals surface area contributed by atoms with Crippen LogP contribution in [0.4, 0.5) is 5.69 Å². The lowest BCUT2D eigenvalue weighted by Gasteiger charge is -2.31. The van der Waals surface area contributed by atoms with Crippen molar-refractivity contribution in [3.05, 3.63) is 24.3 Å². The van der Waals surface area contributed by atoms with Gasteiger partial charge in [0.15, 0.2) is 5.92 Å². The molecular formula is C14H15NO4S. The summed E-state index contributed by atoms with van der Waals surface area (Å²) in [6.07, 6.45) is 3.20. The SMILES string of the molecule is CSc1ccccc1N=CC1C(=O)OC(C)(C)OC1=O. The van der Waals surface area contributed by atoms with E-state index in [1.54, 1.807) is 0 Å². The smallest absolute Gasteiger partial charge is 0.329 e. The van der Waals surface area contributed by atoms with Crippen molar-refractivity contribution in [2.45, 2.75) is 24.5 Å². The molecule has 0 aromatic heterocycles. The summed E-state index contributed by atoms with van der Waals surface area (Å²) in [5.74, 6) is -3.61. The number of thioether (sulfide) groups is 1. The predicted octanol–water partition coefficient (Wildman–Crippen LogP) is 2.56. The summed E-state index contributed by atoms with van der Waals surface area (Å²) in [6.45, 7) is 3.03. The van der Waals surface area contributed by atoms with Crippen molar-refractivity contribution in [1.82, 2.24) is 0 Å². The molecule has 2 rings (SSSR count). The highest BCUT2D eigenvalue weighted by molar-refractivity contribution is 7.98. The van der Waals surface area contributed by atoms with Gasteiger partial charge in [-0.1, -0.05) is 12.1 Å². The van der Waals surface area contributed by atoms with Gasteiger partial charge in [-0.25, -0.2) is 0 Å². The fraction of sp³-hybridized carbons (Fsp3) is 0.357. The number of hydrogen-bond acceptors (Lipinski definition) is 6. The van der Waals surface area contributed by atoms with E-state index in [-0.39, 0.29) is 0 Å². The summed E-state index contributed by atoms with van der Waals surface area (Å²) < 4.78 is 10.0. The minimum absolute atomic E-state index is 0.642. The lowest BCUT2D eigenvalue weighted by atomic mass is 10.1. The highest BCUT2D eigenvalue weighted by Gasteiger charge is 2.42. The Morgan fingerprint density at radius 2 is 1.80 bits per heavy atom. The van der Waals surface area contributed by atoms with Crippen LogP contribution in [0.2, 0.25) is 0 Å². The molecule has 1 heterocycles. The molecule has 106 valence electrons. The number of nitrogens with zero attached hydrogens (tertiary/aromatic N) is 1. The van der Waals surface area contributed by atoms with Crippen molar-refractivity contribution < 1.29 is 19.1 Å². The van der Waals surface area contributed by atoms with Crippen LogP contribution in [-0.4, -0.2) is 30.2 Å². The van der Waals surface area contributed by atoms with Crippen LogP contribution in [0.5, 0.6) is 0 Å². The minimum atomic E-state index is -1.21. The van der Waals surface area contributed by atoms with E-state index in [4.69, 9.17) is 9.47 Å². The van der Waals surface area contributed by atoms with E-state index in [2.05, 4.69) is 4.99 Å². The number of cyclic esters (lactones) is 2. The second-order valence-corrected chi connectivity index (χ2v) is 5.52. The van der Waals surface area contributed by atoms with Gasteiger partial charge >= 0.3 is 11.9 Å². The first-order valence-corrected chi connectivity index (χ1v) is 7.28. The molecule has 0 amide bonds. The van der Waals surface area contributed by atoms with Crippen LogP contribution in [0.15, 0.2) is 34.2 Å². The highest BCUT2D eigenvalue weighted by atomic mass is 32.2. The Morgan fingerprint density at radius 3 is 2.40 bits per heavy atom. The van der Waals surface area contributed by atoms with Crippen LogP contribution in [0.3, 0.4) is 0 Å². The molecule has 0 radical (unpaired) electrons. The molecule has 1 aromatic carbocycles. The Bertz CT molecular complexity index is 548. The van der Waals surface area contributed by atoms with Crippen molar-refractivity contribution in [3.63, 3.8) is 0 Å². The second kappa shape index (κ2) is 5.66. The summed E-state index contributed by atoms with van der Waals surface area (Å²) in [5, 5.41) is 0. The molecule has 0 spiro atoms. The molecule has 0 aliphatic carbocycles. The van der Waals surface area contributed by atoms with E-state index in [0.29, 0.717) is 5.69 Å². The molecule has 0 saturated carbocycles. The Balaban J connectivity index is 2.19. The first-order chi connectivity index (χ1) is 9.43. The predicted molar refractivity (Wildman–Crippen MR) is 76.1 cm³/mol. The van der Waals surface area contributed by atoms with Crippen molar-refractivity contribution in [1.29, 1.82) is 0 Å². The third-order valence-electron chi connectivity index (χ3n) is 2.65. The Hall–Kier alpha value is -1.82. The molecule has 5 nitrogen and oxygen atoms in total. The van der Waals surface area contributed by atoms with Gasteiger partial charge in [0.05, 0.1) is 5.69 Å². The molecule has 1 aromatic rings. The van der Waals surface area contributed by atoms with Crippen LogP contribution in [0.1, 0.15) is 13.8 Å². The van der Waals surface area contributed by atoms with E-state index in [1.165, 1.54) is 31.8 Å².